The molecule has 2 fully saturated rings. The maximum absolute atomic E-state index is 14.8. The summed E-state index contributed by atoms with van der Waals surface area (Å²) < 4.78 is 0. The number of ketones is 1. The fraction of sp³-hybridized carbons (Fsp3) is 0.606. The van der Waals surface area contributed by atoms with Crippen LogP contribution >= 0.6 is 0 Å². The molecular weight excluding hydrogens is 412 g/mol. The average Bonchev–Trinajstić information content (AvgIpc) is 3.44. The smallest absolute Gasteiger partial charge is 0.147 e. The van der Waals surface area contributed by atoms with Gasteiger partial charge < -0.3 is 0 Å². The van der Waals surface area contributed by atoms with E-state index in [0.717, 1.165) is 12.8 Å². The van der Waals surface area contributed by atoms with Crippen molar-refractivity contribution in [3.63, 3.8) is 0 Å². The van der Waals surface area contributed by atoms with Crippen molar-refractivity contribution in [2.24, 2.45) is 11.8 Å². The van der Waals surface area contributed by atoms with Crippen LogP contribution in [0.2, 0.25) is 0 Å². The van der Waals surface area contributed by atoms with E-state index in [1.54, 1.807) is 0 Å². The van der Waals surface area contributed by atoms with Crippen molar-refractivity contribution in [3.05, 3.63) is 68.8 Å². The SMILES string of the molecule is Cc1cc(C)c(C(CC2CCCC2)C(=O)C(CC2CCCC2)c2c(C)cc(C)cc2C)c(C)c1. The molecule has 0 radical (unpaired) electrons. The third-order valence-electron chi connectivity index (χ3n) is 8.95. The van der Waals surface area contributed by atoms with Crippen LogP contribution in [0.3, 0.4) is 0 Å². The van der Waals surface area contributed by atoms with Gasteiger partial charge >= 0.3 is 0 Å². The van der Waals surface area contributed by atoms with Gasteiger partial charge in [-0.05, 0) is 99.6 Å². The molecule has 34 heavy (non-hydrogen) atoms. The van der Waals surface area contributed by atoms with Crippen LogP contribution in [-0.4, -0.2) is 5.78 Å². The number of carbonyl (C=O) groups is 1. The molecule has 2 saturated carbocycles. The zero-order chi connectivity index (χ0) is 24.4. The fourth-order valence-corrected chi connectivity index (χ4v) is 7.64. The van der Waals surface area contributed by atoms with Gasteiger partial charge in [0.2, 0.25) is 0 Å². The van der Waals surface area contributed by atoms with E-state index < -0.39 is 0 Å². The summed E-state index contributed by atoms with van der Waals surface area (Å²) in [6, 6.07) is 9.19. The van der Waals surface area contributed by atoms with Crippen molar-refractivity contribution in [1.82, 2.24) is 0 Å². The number of carbonyl (C=O) groups excluding carboxylic acids is 1. The number of benzene rings is 2. The van der Waals surface area contributed by atoms with Gasteiger partial charge in [-0.25, -0.2) is 0 Å². The minimum atomic E-state index is 0.0233. The van der Waals surface area contributed by atoms with Crippen LogP contribution in [0.5, 0.6) is 0 Å². The largest absolute Gasteiger partial charge is 0.298 e. The van der Waals surface area contributed by atoms with E-state index in [1.807, 2.05) is 0 Å². The molecule has 2 unspecified atom stereocenters. The summed E-state index contributed by atoms with van der Waals surface area (Å²) in [6.07, 6.45) is 12.6. The highest BCUT2D eigenvalue weighted by Crippen LogP contribution is 2.44. The standard InChI is InChI=1S/C33H46O/c1-21-15-23(3)31(24(4)16-21)29(19-27-11-7-8-12-27)33(34)30(20-28-13-9-10-14-28)32-25(5)17-22(2)18-26(32)6/h15-18,27-30H,7-14,19-20H2,1-6H3. The molecule has 2 aliphatic carbocycles. The Balaban J connectivity index is 1.79. The van der Waals surface area contributed by atoms with Crippen molar-refractivity contribution >= 4 is 5.78 Å². The lowest BCUT2D eigenvalue weighted by Crippen LogP contribution is -2.26. The highest BCUT2D eigenvalue weighted by atomic mass is 16.1. The van der Waals surface area contributed by atoms with Crippen LogP contribution in [0, 0.1) is 53.4 Å². The third-order valence-corrected chi connectivity index (χ3v) is 8.95. The van der Waals surface area contributed by atoms with Crippen LogP contribution < -0.4 is 0 Å². The van der Waals surface area contributed by atoms with Gasteiger partial charge in [-0.2, -0.15) is 0 Å². The quantitative estimate of drug-likeness (QED) is 0.385. The second-order valence-electron chi connectivity index (χ2n) is 11.9. The topological polar surface area (TPSA) is 17.1 Å². The maximum atomic E-state index is 14.8. The molecule has 1 heteroatoms. The first kappa shape index (κ1) is 25.2. The van der Waals surface area contributed by atoms with Crippen LogP contribution in [0.15, 0.2) is 24.3 Å². The minimum Gasteiger partial charge on any atom is -0.298 e. The van der Waals surface area contributed by atoms with Gasteiger partial charge in [0, 0.05) is 11.8 Å². The highest BCUT2D eigenvalue weighted by Gasteiger charge is 2.36. The molecule has 0 amide bonds. The van der Waals surface area contributed by atoms with Crippen molar-refractivity contribution in [2.75, 3.05) is 0 Å². The molecule has 0 saturated heterocycles. The molecule has 0 heterocycles. The number of Topliss-reactive ketones (excluding diaryl/α,β-unsaturated/α-hetero) is 1. The van der Waals surface area contributed by atoms with Crippen LogP contribution in [0.1, 0.15) is 121 Å². The van der Waals surface area contributed by atoms with E-state index >= 15 is 0 Å². The summed E-state index contributed by atoms with van der Waals surface area (Å²) in [5.74, 6) is 1.94. The summed E-state index contributed by atoms with van der Waals surface area (Å²) in [7, 11) is 0. The Morgan fingerprint density at radius 1 is 0.618 bits per heavy atom. The first-order valence-corrected chi connectivity index (χ1v) is 13.9. The number of hydrogen-bond acceptors (Lipinski definition) is 1. The molecule has 0 aliphatic heterocycles. The van der Waals surface area contributed by atoms with Crippen molar-refractivity contribution < 1.29 is 4.79 Å². The molecule has 184 valence electrons. The van der Waals surface area contributed by atoms with Gasteiger partial charge in [0.05, 0.1) is 0 Å². The van der Waals surface area contributed by atoms with E-state index in [4.69, 9.17) is 0 Å². The fourth-order valence-electron chi connectivity index (χ4n) is 7.64. The Kier molecular flexibility index (Phi) is 8.01. The summed E-state index contributed by atoms with van der Waals surface area (Å²) in [5, 5.41) is 0. The van der Waals surface area contributed by atoms with E-state index in [9.17, 15) is 4.79 Å². The van der Waals surface area contributed by atoms with Crippen molar-refractivity contribution in [1.29, 1.82) is 0 Å². The van der Waals surface area contributed by atoms with Crippen LogP contribution in [0.25, 0.3) is 0 Å². The Morgan fingerprint density at radius 2 is 0.912 bits per heavy atom. The van der Waals surface area contributed by atoms with Crippen LogP contribution in [0.4, 0.5) is 0 Å². The van der Waals surface area contributed by atoms with Gasteiger partial charge in [0.25, 0.3) is 0 Å². The first-order chi connectivity index (χ1) is 16.2. The molecule has 0 spiro atoms. The second kappa shape index (κ2) is 10.8. The van der Waals surface area contributed by atoms with Crippen molar-refractivity contribution in [3.8, 4) is 0 Å². The Labute approximate surface area is 208 Å². The predicted octanol–water partition coefficient (Wildman–Crippen LogP) is 9.13. The zero-order valence-corrected chi connectivity index (χ0v) is 22.6. The second-order valence-corrected chi connectivity index (χ2v) is 11.9. The molecule has 0 bridgehead atoms. The minimum absolute atomic E-state index is 0.0233. The van der Waals surface area contributed by atoms with E-state index in [1.165, 1.54) is 95.9 Å². The molecule has 2 atom stereocenters. The number of rotatable bonds is 8. The number of hydrogen-bond donors (Lipinski definition) is 0. The van der Waals surface area contributed by atoms with Gasteiger partial charge in [-0.15, -0.1) is 0 Å². The van der Waals surface area contributed by atoms with Crippen LogP contribution in [-0.2, 0) is 4.79 Å². The molecule has 1 nitrogen and oxygen atoms in total. The number of aryl methyl sites for hydroxylation is 6. The molecule has 0 N–H and O–H groups in total. The molecular formula is C33H46O. The molecule has 0 aromatic heterocycles. The summed E-state index contributed by atoms with van der Waals surface area (Å²) in [5.41, 5.74) is 10.5. The lowest BCUT2D eigenvalue weighted by atomic mass is 9.72. The maximum Gasteiger partial charge on any atom is 0.147 e. The lowest BCUT2D eigenvalue weighted by molar-refractivity contribution is -0.122. The zero-order valence-electron chi connectivity index (χ0n) is 22.6. The van der Waals surface area contributed by atoms with Gasteiger partial charge in [-0.1, -0.05) is 86.8 Å². The normalized spacial score (nSPS) is 19.0. The van der Waals surface area contributed by atoms with E-state index in [-0.39, 0.29) is 11.8 Å². The van der Waals surface area contributed by atoms with Gasteiger partial charge in [0.1, 0.15) is 5.78 Å². The average molecular weight is 459 g/mol. The highest BCUT2D eigenvalue weighted by molar-refractivity contribution is 5.93. The van der Waals surface area contributed by atoms with Gasteiger partial charge in [0.15, 0.2) is 0 Å². The molecule has 2 aromatic carbocycles. The van der Waals surface area contributed by atoms with Crippen molar-refractivity contribution in [2.45, 2.75) is 118 Å². The van der Waals surface area contributed by atoms with E-state index in [0.29, 0.717) is 17.6 Å². The summed E-state index contributed by atoms with van der Waals surface area (Å²) in [6.45, 7) is 13.3. The Bertz CT molecular complexity index is 889. The Hall–Kier alpha value is -1.89. The van der Waals surface area contributed by atoms with Gasteiger partial charge in [-0.3, -0.25) is 4.79 Å². The van der Waals surface area contributed by atoms with E-state index in [2.05, 4.69) is 65.8 Å². The first-order valence-electron chi connectivity index (χ1n) is 13.9. The Morgan fingerprint density at radius 3 is 1.21 bits per heavy atom. The summed E-state index contributed by atoms with van der Waals surface area (Å²) in [4.78, 5) is 14.8. The lowest BCUT2D eigenvalue weighted by Gasteiger charge is -2.31. The monoisotopic (exact) mass is 458 g/mol. The predicted molar refractivity (Wildman–Crippen MR) is 145 cm³/mol. The molecule has 2 aliphatic rings. The molecule has 4 rings (SSSR count). The molecule has 2 aromatic rings. The third kappa shape index (κ3) is 5.50. The summed E-state index contributed by atoms with van der Waals surface area (Å²) >= 11 is 0.